The van der Waals surface area contributed by atoms with Gasteiger partial charge in [0, 0.05) is 42.1 Å². The Labute approximate surface area is 219 Å². The van der Waals surface area contributed by atoms with Crippen molar-refractivity contribution in [3.05, 3.63) is 101 Å². The molecule has 5 rings (SSSR count). The molecule has 11 heteroatoms. The third-order valence-electron chi connectivity index (χ3n) is 6.45. The molecule has 39 heavy (non-hydrogen) atoms. The number of halogens is 4. The number of rotatable bonds is 8. The van der Waals surface area contributed by atoms with Crippen LogP contribution in [0.5, 0.6) is 11.5 Å². The van der Waals surface area contributed by atoms with E-state index in [1.165, 1.54) is 36.5 Å². The minimum absolute atomic E-state index is 0.0223. The topological polar surface area (TPSA) is 106 Å². The third-order valence-corrected chi connectivity index (χ3v) is 6.45. The first kappa shape index (κ1) is 25.8. The number of aromatic amines is 1. The van der Waals surface area contributed by atoms with Crippen molar-refractivity contribution in [3.63, 3.8) is 0 Å². The van der Waals surface area contributed by atoms with Gasteiger partial charge in [-0.15, -0.1) is 0 Å². The average Bonchev–Trinajstić information content (AvgIpc) is 3.53. The Hall–Kier alpha value is -4.80. The zero-order valence-corrected chi connectivity index (χ0v) is 20.5. The molecule has 0 aliphatic heterocycles. The molecule has 0 aliphatic carbocycles. The molecule has 4 N–H and O–H groups in total. The summed E-state index contributed by atoms with van der Waals surface area (Å²) in [7, 11) is 0. The smallest absolute Gasteiger partial charge is 0.303 e. The molecule has 0 spiro atoms. The van der Waals surface area contributed by atoms with Gasteiger partial charge in [0.15, 0.2) is 17.4 Å². The van der Waals surface area contributed by atoms with Crippen LogP contribution in [0.2, 0.25) is 0 Å². The maximum Gasteiger partial charge on any atom is 0.303 e. The van der Waals surface area contributed by atoms with E-state index < -0.39 is 40.9 Å². The zero-order valence-electron chi connectivity index (χ0n) is 20.5. The fraction of sp³-hybridized carbons (Fsp3) is 0.143. The number of fused-ring (bicyclic) bond motifs is 1. The van der Waals surface area contributed by atoms with Gasteiger partial charge in [-0.1, -0.05) is 25.1 Å². The molecular weight excluding hydrogens is 516 g/mol. The number of aliphatic carboxylic acids is 1. The summed E-state index contributed by atoms with van der Waals surface area (Å²) in [6.45, 7) is 1.68. The Kier molecular flexibility index (Phi) is 6.73. The maximum atomic E-state index is 15.2. The van der Waals surface area contributed by atoms with Crippen LogP contribution in [0.15, 0.2) is 60.8 Å². The second kappa shape index (κ2) is 10.2. The van der Waals surface area contributed by atoms with Crippen molar-refractivity contribution in [1.29, 1.82) is 0 Å². The first-order chi connectivity index (χ1) is 18.6. The highest BCUT2D eigenvalue weighted by molar-refractivity contribution is 5.82. The molecule has 1 atom stereocenters. The summed E-state index contributed by atoms with van der Waals surface area (Å²) in [4.78, 5) is 13.6. The molecule has 0 aliphatic rings. The van der Waals surface area contributed by atoms with Crippen LogP contribution in [-0.4, -0.2) is 25.8 Å². The van der Waals surface area contributed by atoms with Crippen LogP contribution in [0.3, 0.4) is 0 Å². The molecule has 200 valence electrons. The fourth-order valence-electron chi connectivity index (χ4n) is 4.39. The predicted octanol–water partition coefficient (Wildman–Crippen LogP) is 6.45. The summed E-state index contributed by atoms with van der Waals surface area (Å²) >= 11 is 0. The van der Waals surface area contributed by atoms with E-state index in [-0.39, 0.29) is 52.1 Å². The highest BCUT2D eigenvalue weighted by Crippen LogP contribution is 2.35. The van der Waals surface area contributed by atoms with Gasteiger partial charge in [-0.05, 0) is 35.7 Å². The molecule has 0 amide bonds. The van der Waals surface area contributed by atoms with Crippen molar-refractivity contribution in [3.8, 4) is 17.2 Å². The second-order valence-corrected chi connectivity index (χ2v) is 9.00. The van der Waals surface area contributed by atoms with Crippen molar-refractivity contribution < 1.29 is 32.2 Å². The molecular formula is C28H22F4N4O3. The second-order valence-electron chi connectivity index (χ2n) is 9.00. The van der Waals surface area contributed by atoms with Gasteiger partial charge in [-0.3, -0.25) is 4.79 Å². The number of ether oxygens (including phenoxy) is 1. The Morgan fingerprint density at radius 3 is 2.64 bits per heavy atom. The van der Waals surface area contributed by atoms with Crippen molar-refractivity contribution in [1.82, 2.24) is 14.8 Å². The third kappa shape index (κ3) is 4.90. The van der Waals surface area contributed by atoms with Gasteiger partial charge in [-0.25, -0.2) is 22.2 Å². The van der Waals surface area contributed by atoms with Crippen molar-refractivity contribution >= 4 is 22.7 Å². The molecule has 0 radical (unpaired) electrons. The van der Waals surface area contributed by atoms with E-state index in [9.17, 15) is 18.0 Å². The summed E-state index contributed by atoms with van der Waals surface area (Å²) in [5, 5.41) is 13.4. The average molecular weight is 539 g/mol. The van der Waals surface area contributed by atoms with Crippen molar-refractivity contribution in [2.24, 2.45) is 0 Å². The number of hydrogen-bond acceptors (Lipinski definition) is 4. The van der Waals surface area contributed by atoms with Gasteiger partial charge < -0.3 is 20.6 Å². The van der Waals surface area contributed by atoms with E-state index in [0.29, 0.717) is 5.69 Å². The number of aryl methyl sites for hydroxylation is 1. The molecule has 3 aromatic carbocycles. The number of nitrogens with zero attached hydrogens (tertiary/aromatic N) is 2. The lowest BCUT2D eigenvalue weighted by molar-refractivity contribution is -0.136. The Morgan fingerprint density at radius 2 is 1.87 bits per heavy atom. The minimum Gasteiger partial charge on any atom is -0.481 e. The number of carbonyl (C=O) groups is 1. The molecule has 0 fully saturated rings. The van der Waals surface area contributed by atoms with E-state index in [2.05, 4.69) is 10.1 Å². The van der Waals surface area contributed by atoms with Crippen LogP contribution in [0.4, 0.5) is 23.4 Å². The van der Waals surface area contributed by atoms with Crippen LogP contribution in [0.25, 0.3) is 16.6 Å². The van der Waals surface area contributed by atoms with Gasteiger partial charge >= 0.3 is 5.97 Å². The number of anilines is 1. The number of carboxylic acid groups (broad SMARTS) is 1. The van der Waals surface area contributed by atoms with E-state index in [0.717, 1.165) is 16.8 Å². The summed E-state index contributed by atoms with van der Waals surface area (Å²) in [6, 6.07) is 12.1. The first-order valence-corrected chi connectivity index (χ1v) is 11.9. The number of benzene rings is 3. The predicted molar refractivity (Wildman–Crippen MR) is 136 cm³/mol. The zero-order chi connectivity index (χ0) is 27.8. The van der Waals surface area contributed by atoms with E-state index in [1.54, 1.807) is 19.1 Å². The summed E-state index contributed by atoms with van der Waals surface area (Å²) < 4.78 is 66.0. The molecule has 0 saturated carbocycles. The SMILES string of the molecule is CC(c1cc(N)n(-c2cc(Oc3c(F)cc4[nH]ccc4c3F)ccc2F)n1)c1cccc(CCC(=O)O)c1F. The molecule has 5 aromatic rings. The summed E-state index contributed by atoms with van der Waals surface area (Å²) in [5.41, 5.74) is 7.07. The summed E-state index contributed by atoms with van der Waals surface area (Å²) in [5.74, 6) is -5.50. The Morgan fingerprint density at radius 1 is 1.08 bits per heavy atom. The van der Waals surface area contributed by atoms with E-state index in [1.807, 2.05) is 0 Å². The number of H-pyrrole nitrogens is 1. The quantitative estimate of drug-likeness (QED) is 0.197. The molecule has 1 unspecified atom stereocenters. The number of nitrogen functional groups attached to an aromatic ring is 1. The van der Waals surface area contributed by atoms with Crippen molar-refractivity contribution in [2.45, 2.75) is 25.7 Å². The van der Waals surface area contributed by atoms with Gasteiger partial charge in [0.25, 0.3) is 0 Å². The van der Waals surface area contributed by atoms with Gasteiger partial charge in [0.05, 0.1) is 11.2 Å². The molecule has 2 heterocycles. The molecule has 2 aromatic heterocycles. The summed E-state index contributed by atoms with van der Waals surface area (Å²) in [6.07, 6.45) is 1.26. The van der Waals surface area contributed by atoms with Gasteiger partial charge in [0.2, 0.25) is 0 Å². The monoisotopic (exact) mass is 538 g/mol. The van der Waals surface area contributed by atoms with Crippen LogP contribution in [0, 0.1) is 23.3 Å². The van der Waals surface area contributed by atoms with Crippen molar-refractivity contribution in [2.75, 3.05) is 5.73 Å². The van der Waals surface area contributed by atoms with Gasteiger partial charge in [-0.2, -0.15) is 5.10 Å². The highest BCUT2D eigenvalue weighted by Gasteiger charge is 2.22. The molecule has 7 nitrogen and oxygen atoms in total. The van der Waals surface area contributed by atoms with Crippen LogP contribution >= 0.6 is 0 Å². The lowest BCUT2D eigenvalue weighted by atomic mass is 9.94. The van der Waals surface area contributed by atoms with Gasteiger partial charge in [0.1, 0.15) is 28.9 Å². The van der Waals surface area contributed by atoms with Crippen LogP contribution in [0.1, 0.15) is 36.1 Å². The standard InChI is InChI=1S/C28H22F4N4O3/c1-14(17-4-2-3-15(26(17)31)5-8-25(37)38)21-13-24(33)36(35-21)23-11-16(6-7-19(23)29)39-28-20(30)12-22-18(27(28)32)9-10-34-22/h2-4,6-7,9-14,34H,5,8,33H2,1H3,(H,37,38). The number of carboxylic acids is 1. The Balaban J connectivity index is 1.46. The van der Waals surface area contributed by atoms with Crippen LogP contribution in [-0.2, 0) is 11.2 Å². The van der Waals surface area contributed by atoms with Crippen LogP contribution < -0.4 is 10.5 Å². The normalized spacial score (nSPS) is 12.1. The fourth-order valence-corrected chi connectivity index (χ4v) is 4.39. The van der Waals surface area contributed by atoms with E-state index in [4.69, 9.17) is 15.6 Å². The highest BCUT2D eigenvalue weighted by atomic mass is 19.1. The number of nitrogens with one attached hydrogen (secondary N) is 1. The number of nitrogens with two attached hydrogens (primary N) is 1. The lowest BCUT2D eigenvalue weighted by Gasteiger charge is -2.13. The Bertz CT molecular complexity index is 1710. The maximum absolute atomic E-state index is 15.2. The number of aromatic nitrogens is 3. The van der Waals surface area contributed by atoms with E-state index >= 15 is 4.39 Å². The number of hydrogen-bond donors (Lipinski definition) is 3. The largest absolute Gasteiger partial charge is 0.481 e. The molecule has 0 saturated heterocycles. The lowest BCUT2D eigenvalue weighted by Crippen LogP contribution is -2.07. The molecule has 0 bridgehead atoms. The first-order valence-electron chi connectivity index (χ1n) is 11.9. The minimum atomic E-state index is -1.04.